The molecule has 0 spiro atoms. The first-order valence-corrected chi connectivity index (χ1v) is 7.79. The van der Waals surface area contributed by atoms with E-state index in [1.54, 1.807) is 6.07 Å². The Morgan fingerprint density at radius 1 is 1.26 bits per heavy atom. The van der Waals surface area contributed by atoms with Crippen molar-refractivity contribution in [1.29, 1.82) is 0 Å². The zero-order valence-corrected chi connectivity index (χ0v) is 14.3. The number of halogens is 3. The molecule has 98 valence electrons. The highest BCUT2D eigenvalue weighted by Gasteiger charge is 2.07. The highest BCUT2D eigenvalue weighted by molar-refractivity contribution is 14.1. The molecule has 2 rings (SSSR count). The topological polar surface area (TPSA) is 29.1 Å². The number of hydrogen-bond acceptors (Lipinski definition) is 1. The fourth-order valence-electron chi connectivity index (χ4n) is 1.62. The van der Waals surface area contributed by atoms with Crippen LogP contribution in [0, 0.1) is 3.57 Å². The Morgan fingerprint density at radius 3 is 2.74 bits per heavy atom. The van der Waals surface area contributed by atoms with E-state index in [0.717, 1.165) is 19.3 Å². The molecule has 5 heteroatoms. The van der Waals surface area contributed by atoms with E-state index < -0.39 is 0 Å². The SMILES string of the molecule is O=C(Cc1cccc(Br)c1)Nc1ccc(Cl)cc1I. The largest absolute Gasteiger partial charge is 0.325 e. The van der Waals surface area contributed by atoms with Gasteiger partial charge in [-0.25, -0.2) is 0 Å². The first kappa shape index (κ1) is 14.8. The van der Waals surface area contributed by atoms with Crippen molar-refractivity contribution < 1.29 is 4.79 Å². The lowest BCUT2D eigenvalue weighted by Crippen LogP contribution is -2.15. The number of hydrogen-bond donors (Lipinski definition) is 1. The van der Waals surface area contributed by atoms with Crippen LogP contribution in [0.15, 0.2) is 46.9 Å². The molecule has 1 N–H and O–H groups in total. The maximum Gasteiger partial charge on any atom is 0.228 e. The molecule has 0 unspecified atom stereocenters. The average Bonchev–Trinajstić information content (AvgIpc) is 2.33. The van der Waals surface area contributed by atoms with E-state index >= 15 is 0 Å². The minimum absolute atomic E-state index is 0.0432. The van der Waals surface area contributed by atoms with Crippen LogP contribution < -0.4 is 5.32 Å². The monoisotopic (exact) mass is 449 g/mol. The molecule has 0 aliphatic heterocycles. The molecule has 0 aromatic heterocycles. The van der Waals surface area contributed by atoms with Crippen molar-refractivity contribution >= 4 is 61.7 Å². The summed E-state index contributed by atoms with van der Waals surface area (Å²) < 4.78 is 1.89. The number of carbonyl (C=O) groups is 1. The summed E-state index contributed by atoms with van der Waals surface area (Å²) in [4.78, 5) is 12.0. The van der Waals surface area contributed by atoms with Crippen LogP contribution in [0.25, 0.3) is 0 Å². The van der Waals surface area contributed by atoms with Crippen LogP contribution in [0.2, 0.25) is 5.02 Å². The van der Waals surface area contributed by atoms with Crippen LogP contribution in [-0.2, 0) is 11.2 Å². The number of amides is 1. The molecular weight excluding hydrogens is 440 g/mol. The lowest BCUT2D eigenvalue weighted by molar-refractivity contribution is -0.115. The number of nitrogens with one attached hydrogen (secondary N) is 1. The molecule has 0 radical (unpaired) electrons. The number of anilines is 1. The summed E-state index contributed by atoms with van der Waals surface area (Å²) in [5, 5.41) is 3.55. The fourth-order valence-corrected chi connectivity index (χ4v) is 3.07. The lowest BCUT2D eigenvalue weighted by Gasteiger charge is -2.08. The molecule has 19 heavy (non-hydrogen) atoms. The van der Waals surface area contributed by atoms with E-state index in [-0.39, 0.29) is 5.91 Å². The molecule has 2 nitrogen and oxygen atoms in total. The van der Waals surface area contributed by atoms with Crippen LogP contribution in [0.3, 0.4) is 0 Å². The molecule has 2 aromatic rings. The highest BCUT2D eigenvalue weighted by atomic mass is 127. The van der Waals surface area contributed by atoms with Crippen molar-refractivity contribution in [3.05, 3.63) is 61.1 Å². The fraction of sp³-hybridized carbons (Fsp3) is 0.0714. The van der Waals surface area contributed by atoms with Crippen LogP contribution in [0.1, 0.15) is 5.56 Å². The predicted octanol–water partition coefficient (Wildman–Crippen LogP) is 4.89. The molecule has 2 aromatic carbocycles. The van der Waals surface area contributed by atoms with E-state index in [1.807, 2.05) is 36.4 Å². The Kier molecular flexibility index (Phi) is 5.24. The Bertz CT molecular complexity index is 618. The maximum absolute atomic E-state index is 12.0. The summed E-state index contributed by atoms with van der Waals surface area (Å²) in [6, 6.07) is 13.1. The molecular formula is C14H10BrClINO. The van der Waals surface area contributed by atoms with Crippen LogP contribution in [-0.4, -0.2) is 5.91 Å². The van der Waals surface area contributed by atoms with Gasteiger partial charge in [0, 0.05) is 13.1 Å². The van der Waals surface area contributed by atoms with Gasteiger partial charge in [-0.1, -0.05) is 39.7 Å². The van der Waals surface area contributed by atoms with Gasteiger partial charge in [-0.2, -0.15) is 0 Å². The van der Waals surface area contributed by atoms with E-state index in [0.29, 0.717) is 11.4 Å². The molecule has 0 atom stereocenters. The molecule has 0 fully saturated rings. The van der Waals surface area contributed by atoms with E-state index in [1.165, 1.54) is 0 Å². The van der Waals surface area contributed by atoms with Gasteiger partial charge < -0.3 is 5.32 Å². The van der Waals surface area contributed by atoms with Crippen molar-refractivity contribution in [2.75, 3.05) is 5.32 Å². The van der Waals surface area contributed by atoms with Crippen LogP contribution >= 0.6 is 50.1 Å². The van der Waals surface area contributed by atoms with E-state index in [4.69, 9.17) is 11.6 Å². The normalized spacial score (nSPS) is 10.3. The Morgan fingerprint density at radius 2 is 2.05 bits per heavy atom. The van der Waals surface area contributed by atoms with Gasteiger partial charge in [0.25, 0.3) is 0 Å². The Hall–Kier alpha value is -0.590. The van der Waals surface area contributed by atoms with Gasteiger partial charge in [-0.15, -0.1) is 0 Å². The second kappa shape index (κ2) is 6.72. The maximum atomic E-state index is 12.0. The Labute approximate surface area is 138 Å². The molecule has 0 bridgehead atoms. The van der Waals surface area contributed by atoms with Gasteiger partial charge in [0.2, 0.25) is 5.91 Å². The van der Waals surface area contributed by atoms with Crippen molar-refractivity contribution in [3.8, 4) is 0 Å². The second-order valence-corrected chi connectivity index (χ2v) is 6.49. The number of rotatable bonds is 3. The van der Waals surface area contributed by atoms with Gasteiger partial charge in [0.1, 0.15) is 0 Å². The second-order valence-electron chi connectivity index (χ2n) is 3.98. The first-order chi connectivity index (χ1) is 9.04. The van der Waals surface area contributed by atoms with Crippen molar-refractivity contribution in [2.45, 2.75) is 6.42 Å². The van der Waals surface area contributed by atoms with Gasteiger partial charge in [0.05, 0.1) is 12.1 Å². The predicted molar refractivity (Wildman–Crippen MR) is 90.6 cm³/mol. The molecule has 0 aliphatic carbocycles. The van der Waals surface area contributed by atoms with Gasteiger partial charge >= 0.3 is 0 Å². The standard InChI is InChI=1S/C14H10BrClINO/c15-10-3-1-2-9(6-10)7-14(19)18-13-5-4-11(16)8-12(13)17/h1-6,8H,7H2,(H,18,19). The van der Waals surface area contributed by atoms with Crippen LogP contribution in [0.4, 0.5) is 5.69 Å². The summed E-state index contributed by atoms with van der Waals surface area (Å²) in [7, 11) is 0. The summed E-state index contributed by atoms with van der Waals surface area (Å²) >= 11 is 11.4. The zero-order chi connectivity index (χ0) is 13.8. The smallest absolute Gasteiger partial charge is 0.228 e. The Balaban J connectivity index is 2.05. The third-order valence-electron chi connectivity index (χ3n) is 2.46. The summed E-state index contributed by atoms with van der Waals surface area (Å²) in [6.07, 6.45) is 0.345. The molecule has 0 saturated heterocycles. The highest BCUT2D eigenvalue weighted by Crippen LogP contribution is 2.22. The van der Waals surface area contributed by atoms with E-state index in [9.17, 15) is 4.79 Å². The van der Waals surface area contributed by atoms with E-state index in [2.05, 4.69) is 43.8 Å². The lowest BCUT2D eigenvalue weighted by atomic mass is 10.1. The molecule has 1 amide bonds. The quantitative estimate of drug-likeness (QED) is 0.663. The molecule has 0 aliphatic rings. The first-order valence-electron chi connectivity index (χ1n) is 5.54. The minimum atomic E-state index is -0.0432. The number of benzene rings is 2. The summed E-state index contributed by atoms with van der Waals surface area (Å²) in [6.45, 7) is 0. The van der Waals surface area contributed by atoms with Gasteiger partial charge in [-0.3, -0.25) is 4.79 Å². The van der Waals surface area contributed by atoms with Crippen molar-refractivity contribution in [2.24, 2.45) is 0 Å². The minimum Gasteiger partial charge on any atom is -0.325 e. The van der Waals surface area contributed by atoms with Crippen molar-refractivity contribution in [1.82, 2.24) is 0 Å². The summed E-state index contributed by atoms with van der Waals surface area (Å²) in [5.41, 5.74) is 1.75. The number of carbonyl (C=O) groups excluding carboxylic acids is 1. The zero-order valence-electron chi connectivity index (χ0n) is 9.79. The molecule has 0 saturated carbocycles. The summed E-state index contributed by atoms with van der Waals surface area (Å²) in [5.74, 6) is -0.0432. The van der Waals surface area contributed by atoms with Crippen molar-refractivity contribution in [3.63, 3.8) is 0 Å². The average molecular weight is 451 g/mol. The third-order valence-corrected chi connectivity index (χ3v) is 4.08. The third kappa shape index (κ3) is 4.47. The molecule has 0 heterocycles. The van der Waals surface area contributed by atoms with Gasteiger partial charge in [0.15, 0.2) is 0 Å². The van der Waals surface area contributed by atoms with Gasteiger partial charge in [-0.05, 0) is 58.5 Å². The van der Waals surface area contributed by atoms with Crippen LogP contribution in [0.5, 0.6) is 0 Å².